The topological polar surface area (TPSA) is 112 Å². The van der Waals surface area contributed by atoms with Crippen LogP contribution in [0.5, 0.6) is 0 Å². The molecule has 0 aliphatic rings. The largest absolute Gasteiger partial charge is 0.466 e. The number of nitrogens with zero attached hydrogens (tertiary/aromatic N) is 3. The van der Waals surface area contributed by atoms with Crippen LogP contribution < -0.4 is 11.1 Å². The Balaban J connectivity index is 1.85. The number of nitrogens with one attached hydrogen (secondary N) is 1. The van der Waals surface area contributed by atoms with E-state index in [1.807, 2.05) is 0 Å². The van der Waals surface area contributed by atoms with Crippen LogP contribution in [0.3, 0.4) is 0 Å². The van der Waals surface area contributed by atoms with Gasteiger partial charge in [0.25, 0.3) is 0 Å². The predicted octanol–water partition coefficient (Wildman–Crippen LogP) is 2.89. The number of fused-ring (bicyclic) bond motifs is 1. The van der Waals surface area contributed by atoms with Gasteiger partial charge in [-0.3, -0.25) is 9.59 Å². The Kier molecular flexibility index (Phi) is 5.39. The molecule has 0 fully saturated rings. The highest BCUT2D eigenvalue weighted by Crippen LogP contribution is 2.35. The number of ether oxygens (including phenoxy) is 1. The lowest BCUT2D eigenvalue weighted by molar-refractivity contribution is -0.145. The summed E-state index contributed by atoms with van der Waals surface area (Å²) in [6.45, 7) is 1.79. The minimum Gasteiger partial charge on any atom is -0.466 e. The van der Waals surface area contributed by atoms with Gasteiger partial charge in [-0.25, -0.2) is 9.97 Å². The molecular formula is C18H16F3N5O3. The first kappa shape index (κ1) is 20.1. The van der Waals surface area contributed by atoms with Crippen LogP contribution in [0.2, 0.25) is 0 Å². The SMILES string of the molecule is CCOC(=O)CC(=O)Nc1cn2cc(-c3cnc(N)c(C(F)(F)F)c3)ccc2n1. The fourth-order valence-corrected chi connectivity index (χ4v) is 2.61. The molecule has 1 amide bonds. The van der Waals surface area contributed by atoms with Crippen molar-refractivity contribution in [2.45, 2.75) is 19.5 Å². The number of carbonyl (C=O) groups is 2. The van der Waals surface area contributed by atoms with Crippen LogP contribution >= 0.6 is 0 Å². The summed E-state index contributed by atoms with van der Waals surface area (Å²) >= 11 is 0. The average Bonchev–Trinajstić information content (AvgIpc) is 3.02. The third-order valence-electron chi connectivity index (χ3n) is 3.89. The number of nitrogen functional groups attached to an aromatic ring is 1. The van der Waals surface area contributed by atoms with Crippen molar-refractivity contribution in [2.75, 3.05) is 17.7 Å². The van der Waals surface area contributed by atoms with Crippen LogP contribution in [0.4, 0.5) is 24.8 Å². The van der Waals surface area contributed by atoms with Gasteiger partial charge in [0, 0.05) is 23.5 Å². The quantitative estimate of drug-likeness (QED) is 0.497. The zero-order chi connectivity index (χ0) is 21.2. The number of hydrogen-bond donors (Lipinski definition) is 2. The molecule has 3 aromatic rings. The number of amides is 1. The minimum absolute atomic E-state index is 0.166. The fraction of sp³-hybridized carbons (Fsp3) is 0.222. The van der Waals surface area contributed by atoms with E-state index in [2.05, 4.69) is 15.3 Å². The van der Waals surface area contributed by atoms with Gasteiger partial charge >= 0.3 is 12.1 Å². The first-order valence-corrected chi connectivity index (χ1v) is 8.44. The number of carbonyl (C=O) groups excluding carboxylic acids is 2. The predicted molar refractivity (Wildman–Crippen MR) is 97.7 cm³/mol. The van der Waals surface area contributed by atoms with Crippen molar-refractivity contribution in [2.24, 2.45) is 0 Å². The van der Waals surface area contributed by atoms with Crippen molar-refractivity contribution < 1.29 is 27.5 Å². The molecule has 152 valence electrons. The Labute approximate surface area is 162 Å². The monoisotopic (exact) mass is 407 g/mol. The maximum Gasteiger partial charge on any atom is 0.419 e. The molecule has 11 heteroatoms. The van der Waals surface area contributed by atoms with Crippen molar-refractivity contribution >= 4 is 29.2 Å². The van der Waals surface area contributed by atoms with Crippen molar-refractivity contribution in [1.82, 2.24) is 14.4 Å². The molecule has 0 aliphatic carbocycles. The first-order chi connectivity index (χ1) is 13.7. The van der Waals surface area contributed by atoms with Crippen LogP contribution in [-0.2, 0) is 20.5 Å². The second-order valence-electron chi connectivity index (χ2n) is 5.99. The highest BCUT2D eigenvalue weighted by Gasteiger charge is 2.34. The summed E-state index contributed by atoms with van der Waals surface area (Å²) in [6, 6.07) is 4.06. The molecular weight excluding hydrogens is 391 g/mol. The van der Waals surface area contributed by atoms with Crippen molar-refractivity contribution in [3.8, 4) is 11.1 Å². The van der Waals surface area contributed by atoms with Gasteiger partial charge in [-0.05, 0) is 25.1 Å². The standard InChI is InChI=1S/C18H16F3N5O3/c1-2-29-16(28)6-15(27)25-13-9-26-8-10(3-4-14(26)24-13)11-5-12(18(19,20)21)17(22)23-7-11/h3-5,7-9H,2,6H2,1H3,(H2,22,23)(H,25,27). The number of anilines is 2. The van der Waals surface area contributed by atoms with E-state index in [9.17, 15) is 22.8 Å². The van der Waals surface area contributed by atoms with E-state index in [0.29, 0.717) is 11.2 Å². The van der Waals surface area contributed by atoms with Crippen LogP contribution in [-0.4, -0.2) is 32.9 Å². The molecule has 3 N–H and O–H groups in total. The van der Waals surface area contributed by atoms with Crippen LogP contribution in [0.15, 0.2) is 36.8 Å². The summed E-state index contributed by atoms with van der Waals surface area (Å²) < 4.78 is 45.4. The van der Waals surface area contributed by atoms with Gasteiger partial charge in [-0.15, -0.1) is 0 Å². The smallest absolute Gasteiger partial charge is 0.419 e. The number of pyridine rings is 2. The fourth-order valence-electron chi connectivity index (χ4n) is 2.61. The van der Waals surface area contributed by atoms with E-state index < -0.39 is 35.9 Å². The summed E-state index contributed by atoms with van der Waals surface area (Å²) in [7, 11) is 0. The van der Waals surface area contributed by atoms with Crippen molar-refractivity contribution in [3.05, 3.63) is 42.4 Å². The zero-order valence-electron chi connectivity index (χ0n) is 15.2. The van der Waals surface area contributed by atoms with Gasteiger partial charge in [0.1, 0.15) is 17.9 Å². The second-order valence-corrected chi connectivity index (χ2v) is 5.99. The molecule has 0 unspecified atom stereocenters. The third kappa shape index (κ3) is 4.62. The van der Waals surface area contributed by atoms with E-state index in [-0.39, 0.29) is 18.0 Å². The Hall–Kier alpha value is -3.63. The van der Waals surface area contributed by atoms with Crippen molar-refractivity contribution in [1.29, 1.82) is 0 Å². The molecule has 3 heterocycles. The molecule has 29 heavy (non-hydrogen) atoms. The molecule has 0 bridgehead atoms. The number of alkyl halides is 3. The molecule has 0 aliphatic heterocycles. The second kappa shape index (κ2) is 7.78. The number of halogens is 3. The molecule has 0 spiro atoms. The zero-order valence-corrected chi connectivity index (χ0v) is 15.2. The third-order valence-corrected chi connectivity index (χ3v) is 3.89. The summed E-state index contributed by atoms with van der Waals surface area (Å²) in [5.41, 5.74) is 5.41. The van der Waals surface area contributed by atoms with E-state index in [1.165, 1.54) is 23.0 Å². The first-order valence-electron chi connectivity index (χ1n) is 8.44. The lowest BCUT2D eigenvalue weighted by Crippen LogP contribution is -2.18. The van der Waals surface area contributed by atoms with Gasteiger partial charge < -0.3 is 20.2 Å². The Bertz CT molecular complexity index is 1080. The van der Waals surface area contributed by atoms with Crippen LogP contribution in [0, 0.1) is 0 Å². The lowest BCUT2D eigenvalue weighted by Gasteiger charge is -2.11. The summed E-state index contributed by atoms with van der Waals surface area (Å²) in [5, 5.41) is 2.47. The molecule has 0 atom stereocenters. The van der Waals surface area contributed by atoms with E-state index in [4.69, 9.17) is 10.5 Å². The maximum absolute atomic E-state index is 13.1. The highest BCUT2D eigenvalue weighted by molar-refractivity contribution is 6.01. The summed E-state index contributed by atoms with van der Waals surface area (Å²) in [6.07, 6.45) is -0.828. The molecule has 3 rings (SSSR count). The van der Waals surface area contributed by atoms with Gasteiger partial charge in [-0.1, -0.05) is 0 Å². The number of hydrogen-bond acceptors (Lipinski definition) is 6. The minimum atomic E-state index is -4.62. The highest BCUT2D eigenvalue weighted by atomic mass is 19.4. The van der Waals surface area contributed by atoms with Gasteiger partial charge in [0.05, 0.1) is 18.4 Å². The van der Waals surface area contributed by atoms with E-state index >= 15 is 0 Å². The Morgan fingerprint density at radius 1 is 1.24 bits per heavy atom. The van der Waals surface area contributed by atoms with Crippen LogP contribution in [0.1, 0.15) is 18.9 Å². The van der Waals surface area contributed by atoms with Crippen LogP contribution in [0.25, 0.3) is 16.8 Å². The van der Waals surface area contributed by atoms with Gasteiger partial charge in [-0.2, -0.15) is 13.2 Å². The molecule has 0 saturated carbocycles. The molecule has 0 radical (unpaired) electrons. The molecule has 8 nitrogen and oxygen atoms in total. The van der Waals surface area contributed by atoms with E-state index in [1.54, 1.807) is 19.1 Å². The van der Waals surface area contributed by atoms with Gasteiger partial charge in [0.15, 0.2) is 5.82 Å². The lowest BCUT2D eigenvalue weighted by atomic mass is 10.1. The maximum atomic E-state index is 13.1. The summed E-state index contributed by atoms with van der Waals surface area (Å²) in [4.78, 5) is 31.0. The summed E-state index contributed by atoms with van der Waals surface area (Å²) in [5.74, 6) is -1.67. The number of rotatable bonds is 5. The van der Waals surface area contributed by atoms with E-state index in [0.717, 1.165) is 6.07 Å². The molecule has 3 aromatic heterocycles. The number of imidazole rings is 1. The number of aromatic nitrogens is 3. The number of esters is 1. The van der Waals surface area contributed by atoms with Crippen molar-refractivity contribution in [3.63, 3.8) is 0 Å². The normalized spacial score (nSPS) is 11.4. The number of nitrogens with two attached hydrogens (primary N) is 1. The van der Waals surface area contributed by atoms with Gasteiger partial charge in [0.2, 0.25) is 5.91 Å². The Morgan fingerprint density at radius 2 is 2.00 bits per heavy atom. The average molecular weight is 407 g/mol. The Morgan fingerprint density at radius 3 is 2.69 bits per heavy atom. The molecule has 0 saturated heterocycles. The molecule has 0 aromatic carbocycles.